The van der Waals surface area contributed by atoms with Crippen LogP contribution >= 0.6 is 11.3 Å². The summed E-state index contributed by atoms with van der Waals surface area (Å²) < 4.78 is 0. The number of aromatic amines is 1. The number of piperidine rings is 1. The number of pyridine rings is 1. The molecule has 0 unspecified atom stereocenters. The molecule has 1 fully saturated rings. The quantitative estimate of drug-likeness (QED) is 0.659. The van der Waals surface area contributed by atoms with Gasteiger partial charge in [0.15, 0.2) is 0 Å². The molecule has 7 nitrogen and oxygen atoms in total. The van der Waals surface area contributed by atoms with Gasteiger partial charge >= 0.3 is 0 Å². The van der Waals surface area contributed by atoms with E-state index in [1.807, 2.05) is 24.4 Å². The van der Waals surface area contributed by atoms with Crippen LogP contribution in [0.2, 0.25) is 0 Å². The molecule has 0 aromatic carbocycles. The molecule has 1 aliphatic heterocycles. The van der Waals surface area contributed by atoms with E-state index in [4.69, 9.17) is 0 Å². The number of nitrogens with zero attached hydrogens (tertiary/aromatic N) is 1. The summed E-state index contributed by atoms with van der Waals surface area (Å²) in [5, 5.41) is 7.77. The van der Waals surface area contributed by atoms with Crippen LogP contribution < -0.4 is 16.2 Å². The third kappa shape index (κ3) is 5.30. The van der Waals surface area contributed by atoms with E-state index in [2.05, 4.69) is 20.5 Å². The number of aromatic nitrogens is 1. The minimum absolute atomic E-state index is 0.0128. The number of carbonyl (C=O) groups excluding carboxylic acids is 2. The number of rotatable bonds is 7. The van der Waals surface area contributed by atoms with E-state index in [1.54, 1.807) is 12.1 Å². The molecule has 1 aliphatic rings. The summed E-state index contributed by atoms with van der Waals surface area (Å²) >= 11 is 1.53. The molecule has 2 aromatic rings. The standard InChI is InChI=1S/C20H26N4O3S/c1-2-9-21-18(25)13-24-10-7-14(8-11-24)22-19(26)15-5-6-16(23-20(15)27)17-4-3-12-28-17/h3-6,12,14H,2,7-11,13H2,1H3,(H,21,25)(H,22,26)(H,23,27). The second kappa shape index (κ2) is 9.66. The van der Waals surface area contributed by atoms with E-state index in [9.17, 15) is 14.4 Å². The average molecular weight is 403 g/mol. The van der Waals surface area contributed by atoms with Crippen LogP contribution in [-0.4, -0.2) is 53.9 Å². The number of amides is 2. The molecule has 3 N–H and O–H groups in total. The first kappa shape index (κ1) is 20.3. The fourth-order valence-electron chi connectivity index (χ4n) is 3.25. The van der Waals surface area contributed by atoms with Crippen molar-refractivity contribution in [2.24, 2.45) is 0 Å². The van der Waals surface area contributed by atoms with Gasteiger partial charge in [0.1, 0.15) is 5.56 Å². The summed E-state index contributed by atoms with van der Waals surface area (Å²) in [4.78, 5) is 42.5. The van der Waals surface area contributed by atoms with E-state index in [0.29, 0.717) is 18.8 Å². The van der Waals surface area contributed by atoms with Crippen LogP contribution in [0.4, 0.5) is 0 Å². The molecule has 150 valence electrons. The van der Waals surface area contributed by atoms with Gasteiger partial charge in [-0.25, -0.2) is 0 Å². The highest BCUT2D eigenvalue weighted by Crippen LogP contribution is 2.21. The molecule has 0 atom stereocenters. The minimum atomic E-state index is -0.381. The summed E-state index contributed by atoms with van der Waals surface area (Å²) in [6, 6.07) is 7.19. The van der Waals surface area contributed by atoms with E-state index >= 15 is 0 Å². The first-order chi connectivity index (χ1) is 13.6. The Morgan fingerprint density at radius 3 is 2.68 bits per heavy atom. The molecular formula is C20H26N4O3S. The van der Waals surface area contributed by atoms with Crippen molar-refractivity contribution in [2.45, 2.75) is 32.2 Å². The number of H-pyrrole nitrogens is 1. The second-order valence-corrected chi connectivity index (χ2v) is 7.91. The topological polar surface area (TPSA) is 94.3 Å². The van der Waals surface area contributed by atoms with Crippen LogP contribution in [0, 0.1) is 0 Å². The van der Waals surface area contributed by atoms with Gasteiger partial charge in [-0.2, -0.15) is 0 Å². The van der Waals surface area contributed by atoms with Crippen molar-refractivity contribution in [1.29, 1.82) is 0 Å². The largest absolute Gasteiger partial charge is 0.355 e. The van der Waals surface area contributed by atoms with E-state index in [1.165, 1.54) is 11.3 Å². The molecule has 2 amide bonds. The van der Waals surface area contributed by atoms with Crippen molar-refractivity contribution in [3.63, 3.8) is 0 Å². The Balaban J connectivity index is 1.51. The van der Waals surface area contributed by atoms with Gasteiger partial charge in [0, 0.05) is 25.7 Å². The fourth-order valence-corrected chi connectivity index (χ4v) is 3.96. The first-order valence-corrected chi connectivity index (χ1v) is 10.5. The number of carbonyl (C=O) groups is 2. The van der Waals surface area contributed by atoms with Crippen molar-refractivity contribution in [3.05, 3.63) is 45.6 Å². The summed E-state index contributed by atoms with van der Waals surface area (Å²) in [7, 11) is 0. The molecule has 0 aliphatic carbocycles. The number of hydrogen-bond donors (Lipinski definition) is 3. The van der Waals surface area contributed by atoms with Crippen LogP contribution in [0.1, 0.15) is 36.5 Å². The second-order valence-electron chi connectivity index (χ2n) is 6.97. The summed E-state index contributed by atoms with van der Waals surface area (Å²) in [5.74, 6) is -0.306. The van der Waals surface area contributed by atoms with Crippen molar-refractivity contribution < 1.29 is 9.59 Å². The van der Waals surface area contributed by atoms with Crippen LogP contribution in [0.3, 0.4) is 0 Å². The highest BCUT2D eigenvalue weighted by molar-refractivity contribution is 7.13. The van der Waals surface area contributed by atoms with Crippen molar-refractivity contribution in [2.75, 3.05) is 26.2 Å². The zero-order valence-corrected chi connectivity index (χ0v) is 16.8. The predicted octanol–water partition coefficient (Wildman–Crippen LogP) is 1.82. The molecule has 3 rings (SSSR count). The van der Waals surface area contributed by atoms with Gasteiger partial charge in [0.2, 0.25) is 5.91 Å². The molecule has 0 bridgehead atoms. The Labute approximate surface area is 168 Å². The van der Waals surface area contributed by atoms with Crippen LogP contribution in [0.15, 0.2) is 34.4 Å². The predicted molar refractivity (Wildman–Crippen MR) is 111 cm³/mol. The van der Waals surface area contributed by atoms with Gasteiger partial charge in [-0.15, -0.1) is 11.3 Å². The maximum atomic E-state index is 12.5. The van der Waals surface area contributed by atoms with Gasteiger partial charge in [0.05, 0.1) is 17.1 Å². The Bertz CT molecular complexity index is 855. The molecule has 3 heterocycles. The molecule has 0 radical (unpaired) electrons. The Morgan fingerprint density at radius 1 is 1.25 bits per heavy atom. The highest BCUT2D eigenvalue weighted by Gasteiger charge is 2.23. The van der Waals surface area contributed by atoms with E-state index in [0.717, 1.165) is 37.2 Å². The SMILES string of the molecule is CCCNC(=O)CN1CCC(NC(=O)c2ccc(-c3cccs3)[nH]c2=O)CC1. The van der Waals surface area contributed by atoms with Gasteiger partial charge in [0.25, 0.3) is 11.5 Å². The summed E-state index contributed by atoms with van der Waals surface area (Å²) in [6.07, 6.45) is 2.45. The molecule has 2 aromatic heterocycles. The van der Waals surface area contributed by atoms with E-state index < -0.39 is 0 Å². The van der Waals surface area contributed by atoms with E-state index in [-0.39, 0.29) is 29.0 Å². The number of hydrogen-bond acceptors (Lipinski definition) is 5. The van der Waals surface area contributed by atoms with Crippen LogP contribution in [0.25, 0.3) is 10.6 Å². The summed E-state index contributed by atoms with van der Waals surface area (Å²) in [5.41, 5.74) is 0.460. The Morgan fingerprint density at radius 2 is 2.04 bits per heavy atom. The lowest BCUT2D eigenvalue weighted by Gasteiger charge is -2.31. The zero-order valence-electron chi connectivity index (χ0n) is 16.0. The van der Waals surface area contributed by atoms with Crippen LogP contribution in [0.5, 0.6) is 0 Å². The smallest absolute Gasteiger partial charge is 0.261 e. The Kier molecular flexibility index (Phi) is 7.00. The van der Waals surface area contributed by atoms with Crippen molar-refractivity contribution in [1.82, 2.24) is 20.5 Å². The molecule has 28 heavy (non-hydrogen) atoms. The van der Waals surface area contributed by atoms with Crippen molar-refractivity contribution in [3.8, 4) is 10.6 Å². The lowest BCUT2D eigenvalue weighted by atomic mass is 10.0. The van der Waals surface area contributed by atoms with Crippen LogP contribution in [-0.2, 0) is 4.79 Å². The summed E-state index contributed by atoms with van der Waals surface area (Å²) in [6.45, 7) is 4.61. The number of thiophene rings is 1. The monoisotopic (exact) mass is 402 g/mol. The maximum absolute atomic E-state index is 12.5. The maximum Gasteiger partial charge on any atom is 0.261 e. The molecule has 0 spiro atoms. The first-order valence-electron chi connectivity index (χ1n) is 9.64. The minimum Gasteiger partial charge on any atom is -0.355 e. The third-order valence-electron chi connectivity index (χ3n) is 4.80. The van der Waals surface area contributed by atoms with Gasteiger partial charge in [-0.05, 0) is 42.8 Å². The molecular weight excluding hydrogens is 376 g/mol. The van der Waals surface area contributed by atoms with Gasteiger partial charge < -0.3 is 15.6 Å². The average Bonchev–Trinajstić information content (AvgIpc) is 3.22. The number of likely N-dealkylation sites (tertiary alicyclic amines) is 1. The van der Waals surface area contributed by atoms with Gasteiger partial charge in [-0.3, -0.25) is 19.3 Å². The molecule has 0 saturated carbocycles. The Hall–Kier alpha value is -2.45. The lowest BCUT2D eigenvalue weighted by Crippen LogP contribution is -2.48. The third-order valence-corrected chi connectivity index (χ3v) is 5.71. The fraction of sp³-hybridized carbons (Fsp3) is 0.450. The highest BCUT2D eigenvalue weighted by atomic mass is 32.1. The normalized spacial score (nSPS) is 15.3. The zero-order chi connectivity index (χ0) is 19.9. The number of nitrogens with one attached hydrogen (secondary N) is 3. The molecule has 8 heteroatoms. The van der Waals surface area contributed by atoms with Gasteiger partial charge in [-0.1, -0.05) is 13.0 Å². The lowest BCUT2D eigenvalue weighted by molar-refractivity contribution is -0.122. The van der Waals surface area contributed by atoms with Crippen molar-refractivity contribution >= 4 is 23.2 Å². The molecule has 1 saturated heterocycles.